The average molecular weight is 434 g/mol. The van der Waals surface area contributed by atoms with E-state index in [1.807, 2.05) is 6.07 Å². The summed E-state index contributed by atoms with van der Waals surface area (Å²) in [6.45, 7) is 3.14. The molecule has 5 fully saturated rings. The molecule has 2 heterocycles. The number of pyridine rings is 1. The second-order valence-corrected chi connectivity index (χ2v) is 10.2. The molecule has 8 nitrogen and oxygen atoms in total. The summed E-state index contributed by atoms with van der Waals surface area (Å²) in [5.41, 5.74) is 6.65. The number of aromatic nitrogens is 1. The third-order valence-corrected chi connectivity index (χ3v) is 8.07. The van der Waals surface area contributed by atoms with E-state index >= 15 is 0 Å². The minimum absolute atomic E-state index is 0.170. The maximum Gasteiger partial charge on any atom is 0.128 e. The standard InChI is InChI=1S/C24H31N7O/c25-4-3-20(30-5-7-31(8-6-30)21-2-1-16(14-26)15-28-21)23(27)29-22-18-9-17-10-19(22)13-24(32,11-17)12-18/h1-2,15,17-20,22,32H,3,5-13H2,(H2,27,29). The van der Waals surface area contributed by atoms with E-state index in [-0.39, 0.29) is 12.1 Å². The van der Waals surface area contributed by atoms with Crippen molar-refractivity contribution in [2.45, 2.75) is 56.2 Å². The summed E-state index contributed by atoms with van der Waals surface area (Å²) in [7, 11) is 0. The Morgan fingerprint density at radius 2 is 1.91 bits per heavy atom. The summed E-state index contributed by atoms with van der Waals surface area (Å²) >= 11 is 0. The van der Waals surface area contributed by atoms with E-state index in [2.05, 4.69) is 26.9 Å². The highest BCUT2D eigenvalue weighted by Crippen LogP contribution is 2.56. The SMILES string of the molecule is N#CCC(C(N)=NC1C2CC3CC1CC(O)(C3)C2)N1CCN(c2ccc(C#N)cn2)CC1. The Labute approximate surface area is 189 Å². The van der Waals surface area contributed by atoms with Gasteiger partial charge in [0.25, 0.3) is 0 Å². The lowest BCUT2D eigenvalue weighted by Gasteiger charge is -2.57. The molecule has 3 unspecified atom stereocenters. The number of nitriles is 2. The van der Waals surface area contributed by atoms with Gasteiger partial charge < -0.3 is 15.7 Å². The molecule has 1 aromatic heterocycles. The van der Waals surface area contributed by atoms with Gasteiger partial charge in [-0.05, 0) is 62.0 Å². The second-order valence-electron chi connectivity index (χ2n) is 10.2. The van der Waals surface area contributed by atoms with Crippen LogP contribution in [0.25, 0.3) is 0 Å². The molecule has 0 aromatic carbocycles. The zero-order chi connectivity index (χ0) is 22.3. The molecule has 1 aliphatic heterocycles. The van der Waals surface area contributed by atoms with Gasteiger partial charge in [-0.2, -0.15) is 10.5 Å². The molecular weight excluding hydrogens is 402 g/mol. The lowest BCUT2D eigenvalue weighted by Crippen LogP contribution is -2.58. The Balaban J connectivity index is 1.26. The summed E-state index contributed by atoms with van der Waals surface area (Å²) in [5.74, 6) is 2.94. The first kappa shape index (κ1) is 21.2. The van der Waals surface area contributed by atoms with E-state index < -0.39 is 5.60 Å². The fourth-order valence-electron chi connectivity index (χ4n) is 6.83. The van der Waals surface area contributed by atoms with E-state index in [0.717, 1.165) is 64.1 Å². The molecule has 6 rings (SSSR count). The van der Waals surface area contributed by atoms with E-state index in [0.29, 0.717) is 35.6 Å². The highest BCUT2D eigenvalue weighted by Gasteiger charge is 2.55. The molecule has 0 radical (unpaired) electrons. The van der Waals surface area contributed by atoms with Crippen molar-refractivity contribution in [3.05, 3.63) is 23.9 Å². The van der Waals surface area contributed by atoms with Crippen molar-refractivity contribution in [3.8, 4) is 12.1 Å². The number of rotatable bonds is 5. The molecule has 4 saturated carbocycles. The van der Waals surface area contributed by atoms with Crippen LogP contribution in [0.5, 0.6) is 0 Å². The number of hydrogen-bond donors (Lipinski definition) is 2. The lowest BCUT2D eigenvalue weighted by molar-refractivity contribution is -0.132. The van der Waals surface area contributed by atoms with Crippen LogP contribution in [0.15, 0.2) is 23.3 Å². The highest BCUT2D eigenvalue weighted by molar-refractivity contribution is 5.86. The van der Waals surface area contributed by atoms with Gasteiger partial charge in [-0.15, -0.1) is 0 Å². The number of aliphatic imine (C=N–C) groups is 1. The summed E-state index contributed by atoms with van der Waals surface area (Å²) in [6, 6.07) is 8.11. The van der Waals surface area contributed by atoms with Gasteiger partial charge in [0.05, 0.1) is 35.7 Å². The molecule has 5 aliphatic rings. The molecule has 4 bridgehead atoms. The smallest absolute Gasteiger partial charge is 0.128 e. The molecular formula is C24H31N7O. The minimum atomic E-state index is -0.473. The van der Waals surface area contributed by atoms with E-state index in [9.17, 15) is 10.4 Å². The van der Waals surface area contributed by atoms with Crippen molar-refractivity contribution < 1.29 is 5.11 Å². The second kappa shape index (κ2) is 8.35. The summed E-state index contributed by atoms with van der Waals surface area (Å²) < 4.78 is 0. The van der Waals surface area contributed by atoms with Gasteiger partial charge >= 0.3 is 0 Å². The van der Waals surface area contributed by atoms with Crippen molar-refractivity contribution in [2.24, 2.45) is 28.5 Å². The summed E-state index contributed by atoms with van der Waals surface area (Å²) in [4.78, 5) is 13.9. The maximum atomic E-state index is 10.8. The first-order valence-electron chi connectivity index (χ1n) is 11.8. The molecule has 32 heavy (non-hydrogen) atoms. The number of amidine groups is 1. The van der Waals surface area contributed by atoms with Gasteiger partial charge in [-0.1, -0.05) is 0 Å². The zero-order valence-corrected chi connectivity index (χ0v) is 18.4. The fourth-order valence-corrected chi connectivity index (χ4v) is 6.83. The Bertz CT molecular complexity index is 938. The first-order valence-corrected chi connectivity index (χ1v) is 11.8. The molecule has 1 aromatic rings. The molecule has 0 amide bonds. The van der Waals surface area contributed by atoms with Crippen molar-refractivity contribution >= 4 is 11.7 Å². The zero-order valence-electron chi connectivity index (χ0n) is 18.4. The normalized spacial score (nSPS) is 35.3. The third-order valence-electron chi connectivity index (χ3n) is 8.07. The Kier molecular flexibility index (Phi) is 5.53. The molecule has 4 aliphatic carbocycles. The maximum absolute atomic E-state index is 10.8. The Morgan fingerprint density at radius 3 is 2.47 bits per heavy atom. The fraction of sp³-hybridized carbons (Fsp3) is 0.667. The van der Waals surface area contributed by atoms with Crippen LogP contribution in [0.2, 0.25) is 0 Å². The van der Waals surface area contributed by atoms with Crippen LogP contribution in [0.4, 0.5) is 5.82 Å². The van der Waals surface area contributed by atoms with Gasteiger partial charge in [0.1, 0.15) is 17.7 Å². The van der Waals surface area contributed by atoms with Gasteiger partial charge in [0.15, 0.2) is 0 Å². The number of nitrogens with zero attached hydrogens (tertiary/aromatic N) is 6. The summed E-state index contributed by atoms with van der Waals surface area (Å²) in [5, 5.41) is 29.3. The quantitative estimate of drug-likeness (QED) is 0.534. The topological polar surface area (TPSA) is 126 Å². The van der Waals surface area contributed by atoms with Crippen molar-refractivity contribution in [2.75, 3.05) is 31.1 Å². The Hall–Kier alpha value is -2.68. The summed E-state index contributed by atoms with van der Waals surface area (Å²) in [6.07, 6.45) is 6.90. The van der Waals surface area contributed by atoms with Gasteiger partial charge in [0.2, 0.25) is 0 Å². The van der Waals surface area contributed by atoms with E-state index in [1.54, 1.807) is 12.3 Å². The predicted molar refractivity (Wildman–Crippen MR) is 121 cm³/mol. The van der Waals surface area contributed by atoms with Crippen molar-refractivity contribution in [3.63, 3.8) is 0 Å². The number of anilines is 1. The van der Waals surface area contributed by atoms with E-state index in [1.165, 1.54) is 0 Å². The monoisotopic (exact) mass is 433 g/mol. The number of piperazine rings is 1. The lowest BCUT2D eigenvalue weighted by atomic mass is 9.52. The molecule has 0 spiro atoms. The first-order chi connectivity index (χ1) is 15.5. The van der Waals surface area contributed by atoms with Crippen LogP contribution in [0, 0.1) is 40.4 Å². The molecule has 3 N–H and O–H groups in total. The third kappa shape index (κ3) is 3.94. The van der Waals surface area contributed by atoms with Crippen LogP contribution < -0.4 is 10.6 Å². The van der Waals surface area contributed by atoms with Crippen LogP contribution in [0.3, 0.4) is 0 Å². The van der Waals surface area contributed by atoms with Crippen LogP contribution in [-0.4, -0.2) is 64.7 Å². The molecule has 3 atom stereocenters. The molecule has 1 saturated heterocycles. The van der Waals surface area contributed by atoms with Gasteiger partial charge in [0, 0.05) is 32.4 Å². The van der Waals surface area contributed by atoms with Crippen molar-refractivity contribution in [1.29, 1.82) is 10.5 Å². The van der Waals surface area contributed by atoms with Gasteiger partial charge in [-0.25, -0.2) is 4.98 Å². The number of aliphatic hydroxyl groups is 1. The van der Waals surface area contributed by atoms with E-state index in [4.69, 9.17) is 16.0 Å². The number of nitrogens with two attached hydrogens (primary N) is 1. The van der Waals surface area contributed by atoms with Crippen LogP contribution in [-0.2, 0) is 0 Å². The average Bonchev–Trinajstić information content (AvgIpc) is 2.79. The largest absolute Gasteiger partial charge is 0.390 e. The van der Waals surface area contributed by atoms with Crippen LogP contribution in [0.1, 0.15) is 44.1 Å². The van der Waals surface area contributed by atoms with Gasteiger partial charge in [-0.3, -0.25) is 9.89 Å². The Morgan fingerprint density at radius 1 is 1.19 bits per heavy atom. The predicted octanol–water partition coefficient (Wildman–Crippen LogP) is 1.65. The highest BCUT2D eigenvalue weighted by atomic mass is 16.3. The molecule has 168 valence electrons. The molecule has 8 heteroatoms. The number of hydrogen-bond acceptors (Lipinski definition) is 7. The minimum Gasteiger partial charge on any atom is -0.390 e. The van der Waals surface area contributed by atoms with Crippen LogP contribution >= 0.6 is 0 Å². The van der Waals surface area contributed by atoms with Crippen molar-refractivity contribution in [1.82, 2.24) is 9.88 Å².